The summed E-state index contributed by atoms with van der Waals surface area (Å²) in [6.07, 6.45) is 4.20. The van der Waals surface area contributed by atoms with Crippen molar-refractivity contribution in [1.29, 1.82) is 0 Å². The Labute approximate surface area is 125 Å². The van der Waals surface area contributed by atoms with Gasteiger partial charge in [-0.3, -0.25) is 9.48 Å². The molecule has 1 rings (SSSR count). The number of amides is 1. The van der Waals surface area contributed by atoms with Crippen LogP contribution in [-0.4, -0.2) is 36.4 Å². The lowest BCUT2D eigenvalue weighted by Crippen LogP contribution is -2.32. The van der Waals surface area contributed by atoms with Gasteiger partial charge in [-0.15, -0.1) is 5.10 Å². The van der Waals surface area contributed by atoms with Gasteiger partial charge in [-0.05, 0) is 27.2 Å². The maximum atomic E-state index is 12.2. The second-order valence-electron chi connectivity index (χ2n) is 5.37. The van der Waals surface area contributed by atoms with Crippen molar-refractivity contribution < 1.29 is 17.4 Å². The number of carbonyl (C=O) groups excluding carboxylic acids is 1. The Balaban J connectivity index is 3.05. The number of hydrogen-bond acceptors (Lipinski definition) is 5. The smallest absolute Gasteiger partial charge is 0.307 e. The first kappa shape index (κ1) is 17.5. The predicted octanol–water partition coefficient (Wildman–Crippen LogP) is 1.72. The zero-order valence-corrected chi connectivity index (χ0v) is 13.9. The number of rotatable bonds is 7. The molecule has 1 aromatic heterocycles. The van der Waals surface area contributed by atoms with Crippen LogP contribution < -0.4 is 9.50 Å². The van der Waals surface area contributed by atoms with Gasteiger partial charge < -0.3 is 9.50 Å². The van der Waals surface area contributed by atoms with Crippen molar-refractivity contribution >= 4 is 16.0 Å². The standard InChI is InChI=1S/C13H23N3O4S/c1-6-7-10(4)14-12(17)11-8-16(9(2)3)15-13(11)20-21(5,18)19/h8-10H,6-7H2,1-5H3,(H,14,17). The van der Waals surface area contributed by atoms with E-state index in [2.05, 4.69) is 10.4 Å². The molecular weight excluding hydrogens is 294 g/mol. The molecule has 8 heteroatoms. The van der Waals surface area contributed by atoms with E-state index in [0.717, 1.165) is 19.1 Å². The molecular formula is C13H23N3O4S. The lowest BCUT2D eigenvalue weighted by atomic mass is 10.2. The quantitative estimate of drug-likeness (QED) is 0.773. The van der Waals surface area contributed by atoms with Gasteiger partial charge in [-0.2, -0.15) is 8.42 Å². The van der Waals surface area contributed by atoms with E-state index in [1.807, 2.05) is 27.7 Å². The summed E-state index contributed by atoms with van der Waals surface area (Å²) < 4.78 is 28.9. The number of nitrogens with zero attached hydrogens (tertiary/aromatic N) is 2. The van der Waals surface area contributed by atoms with Gasteiger partial charge in [0.2, 0.25) is 0 Å². The van der Waals surface area contributed by atoms with E-state index in [1.54, 1.807) is 0 Å². The Hall–Kier alpha value is -1.57. The molecule has 0 radical (unpaired) electrons. The first-order valence-corrected chi connectivity index (χ1v) is 8.75. The highest BCUT2D eigenvalue weighted by Crippen LogP contribution is 2.20. The molecule has 0 bridgehead atoms. The molecule has 120 valence electrons. The average molecular weight is 317 g/mol. The average Bonchev–Trinajstić information content (AvgIpc) is 2.70. The summed E-state index contributed by atoms with van der Waals surface area (Å²) >= 11 is 0. The molecule has 1 atom stereocenters. The molecule has 1 unspecified atom stereocenters. The van der Waals surface area contributed by atoms with Crippen LogP contribution >= 0.6 is 0 Å². The molecule has 21 heavy (non-hydrogen) atoms. The topological polar surface area (TPSA) is 90.3 Å². The van der Waals surface area contributed by atoms with Gasteiger partial charge in [0.15, 0.2) is 0 Å². The van der Waals surface area contributed by atoms with Crippen molar-refractivity contribution in [1.82, 2.24) is 15.1 Å². The summed E-state index contributed by atoms with van der Waals surface area (Å²) in [5.41, 5.74) is 0.122. The lowest BCUT2D eigenvalue weighted by molar-refractivity contribution is 0.0937. The molecule has 1 heterocycles. The van der Waals surface area contributed by atoms with E-state index in [0.29, 0.717) is 0 Å². The highest BCUT2D eigenvalue weighted by molar-refractivity contribution is 7.86. The van der Waals surface area contributed by atoms with Crippen molar-refractivity contribution in [3.8, 4) is 5.88 Å². The van der Waals surface area contributed by atoms with Crippen molar-refractivity contribution in [3.63, 3.8) is 0 Å². The van der Waals surface area contributed by atoms with Crippen LogP contribution in [0.1, 0.15) is 56.9 Å². The van der Waals surface area contributed by atoms with Gasteiger partial charge in [0.05, 0.1) is 6.26 Å². The third-order valence-corrected chi connectivity index (χ3v) is 3.26. The zero-order chi connectivity index (χ0) is 16.2. The highest BCUT2D eigenvalue weighted by atomic mass is 32.2. The van der Waals surface area contributed by atoms with Gasteiger partial charge in [0.1, 0.15) is 5.56 Å². The minimum Gasteiger partial charge on any atom is -0.359 e. The van der Waals surface area contributed by atoms with Crippen molar-refractivity contribution in [2.24, 2.45) is 0 Å². The third-order valence-electron chi connectivity index (χ3n) is 2.80. The molecule has 7 nitrogen and oxygen atoms in total. The van der Waals surface area contributed by atoms with E-state index in [1.165, 1.54) is 10.9 Å². The predicted molar refractivity (Wildman–Crippen MR) is 79.9 cm³/mol. The fourth-order valence-corrected chi connectivity index (χ4v) is 2.22. The van der Waals surface area contributed by atoms with E-state index >= 15 is 0 Å². The molecule has 0 saturated carbocycles. The summed E-state index contributed by atoms with van der Waals surface area (Å²) in [4.78, 5) is 12.2. The Morgan fingerprint density at radius 3 is 2.52 bits per heavy atom. The number of hydrogen-bond donors (Lipinski definition) is 1. The van der Waals surface area contributed by atoms with Crippen LogP contribution in [0.2, 0.25) is 0 Å². The largest absolute Gasteiger partial charge is 0.359 e. The second kappa shape index (κ2) is 6.93. The number of carbonyl (C=O) groups is 1. The SMILES string of the molecule is CCCC(C)NC(=O)c1cn(C(C)C)nc1OS(C)(=O)=O. The Morgan fingerprint density at radius 1 is 1.43 bits per heavy atom. The third kappa shape index (κ3) is 5.37. The summed E-state index contributed by atoms with van der Waals surface area (Å²) in [7, 11) is -3.74. The van der Waals surface area contributed by atoms with Crippen LogP contribution in [0.3, 0.4) is 0 Å². The first-order valence-electron chi connectivity index (χ1n) is 6.93. The number of nitrogens with one attached hydrogen (secondary N) is 1. The van der Waals surface area contributed by atoms with Gasteiger partial charge >= 0.3 is 10.1 Å². The zero-order valence-electron chi connectivity index (χ0n) is 13.1. The van der Waals surface area contributed by atoms with Crippen LogP contribution in [-0.2, 0) is 10.1 Å². The van der Waals surface area contributed by atoms with Crippen LogP contribution in [0.5, 0.6) is 5.88 Å². The molecule has 0 aliphatic rings. The maximum absolute atomic E-state index is 12.2. The van der Waals surface area contributed by atoms with Crippen LogP contribution in [0, 0.1) is 0 Å². The van der Waals surface area contributed by atoms with Crippen LogP contribution in [0.15, 0.2) is 6.20 Å². The van der Waals surface area contributed by atoms with Crippen molar-refractivity contribution in [2.75, 3.05) is 6.26 Å². The van der Waals surface area contributed by atoms with Gasteiger partial charge in [-0.1, -0.05) is 13.3 Å². The summed E-state index contributed by atoms with van der Waals surface area (Å²) in [6.45, 7) is 7.67. The van der Waals surface area contributed by atoms with Gasteiger partial charge in [0.25, 0.3) is 11.8 Å². The first-order chi connectivity index (χ1) is 9.64. The molecule has 0 saturated heterocycles. The molecule has 0 fully saturated rings. The van der Waals surface area contributed by atoms with E-state index < -0.39 is 10.1 Å². The van der Waals surface area contributed by atoms with Crippen LogP contribution in [0.4, 0.5) is 0 Å². The molecule has 1 amide bonds. The highest BCUT2D eigenvalue weighted by Gasteiger charge is 2.22. The Bertz CT molecular complexity index is 593. The van der Waals surface area contributed by atoms with Crippen LogP contribution in [0.25, 0.3) is 0 Å². The molecule has 0 aromatic carbocycles. The monoisotopic (exact) mass is 317 g/mol. The summed E-state index contributed by atoms with van der Waals surface area (Å²) in [5.74, 6) is -0.575. The number of aromatic nitrogens is 2. The fourth-order valence-electron chi connectivity index (χ4n) is 1.81. The van der Waals surface area contributed by atoms with E-state index in [9.17, 15) is 13.2 Å². The van der Waals surface area contributed by atoms with Crippen molar-refractivity contribution in [3.05, 3.63) is 11.8 Å². The molecule has 1 N–H and O–H groups in total. The lowest BCUT2D eigenvalue weighted by Gasteiger charge is -2.12. The molecule has 0 spiro atoms. The molecule has 0 aliphatic carbocycles. The van der Waals surface area contributed by atoms with Crippen molar-refractivity contribution in [2.45, 2.75) is 52.6 Å². The molecule has 0 aliphatic heterocycles. The van der Waals surface area contributed by atoms with E-state index in [4.69, 9.17) is 4.18 Å². The fraction of sp³-hybridized carbons (Fsp3) is 0.692. The van der Waals surface area contributed by atoms with Gasteiger partial charge in [0, 0.05) is 18.3 Å². The Kier molecular flexibility index (Phi) is 5.77. The van der Waals surface area contributed by atoms with E-state index in [-0.39, 0.29) is 29.4 Å². The normalized spacial score (nSPS) is 13.2. The Morgan fingerprint density at radius 2 is 2.05 bits per heavy atom. The summed E-state index contributed by atoms with van der Waals surface area (Å²) in [6, 6.07) is -0.0162. The summed E-state index contributed by atoms with van der Waals surface area (Å²) in [5, 5.41) is 6.83. The van der Waals surface area contributed by atoms with Gasteiger partial charge in [-0.25, -0.2) is 0 Å². The maximum Gasteiger partial charge on any atom is 0.307 e. The second-order valence-corrected chi connectivity index (χ2v) is 6.95. The minimum absolute atomic E-state index is 0.00372. The minimum atomic E-state index is -3.74. The molecule has 1 aromatic rings.